The number of nitriles is 1. The SMILES string of the molecule is CCOc1cc([N+](=O)[O-])cc(/C=N/c2sc3c(c2C#N)CCC3)c1O. The summed E-state index contributed by atoms with van der Waals surface area (Å²) in [5.41, 5.74) is 1.59. The number of hydrogen-bond donors (Lipinski definition) is 1. The van der Waals surface area contributed by atoms with Gasteiger partial charge in [0, 0.05) is 22.7 Å². The summed E-state index contributed by atoms with van der Waals surface area (Å²) >= 11 is 1.46. The van der Waals surface area contributed by atoms with Crippen molar-refractivity contribution in [3.8, 4) is 17.6 Å². The van der Waals surface area contributed by atoms with Crippen LogP contribution in [0.3, 0.4) is 0 Å². The van der Waals surface area contributed by atoms with E-state index < -0.39 is 4.92 Å². The molecule has 0 atom stereocenters. The molecular weight excluding hydrogens is 342 g/mol. The molecule has 1 aliphatic carbocycles. The minimum atomic E-state index is -0.556. The van der Waals surface area contributed by atoms with Gasteiger partial charge in [-0.1, -0.05) is 0 Å². The number of aromatic hydroxyl groups is 1. The first-order valence-electron chi connectivity index (χ1n) is 7.78. The molecule has 1 heterocycles. The van der Waals surface area contributed by atoms with Crippen LogP contribution in [0, 0.1) is 21.4 Å². The molecule has 1 aromatic carbocycles. The number of ether oxygens (including phenoxy) is 1. The number of thiophene rings is 1. The van der Waals surface area contributed by atoms with Gasteiger partial charge in [-0.25, -0.2) is 4.99 Å². The van der Waals surface area contributed by atoms with E-state index in [9.17, 15) is 20.5 Å². The molecule has 25 heavy (non-hydrogen) atoms. The van der Waals surface area contributed by atoms with E-state index in [1.54, 1.807) is 6.92 Å². The van der Waals surface area contributed by atoms with Gasteiger partial charge in [0.15, 0.2) is 11.5 Å². The molecule has 128 valence electrons. The third kappa shape index (κ3) is 3.19. The zero-order valence-electron chi connectivity index (χ0n) is 13.5. The van der Waals surface area contributed by atoms with Crippen molar-refractivity contribution in [2.75, 3.05) is 6.61 Å². The van der Waals surface area contributed by atoms with Gasteiger partial charge in [-0.05, 0) is 31.7 Å². The standard InChI is InChI=1S/C17H15N3O4S/c1-2-24-14-7-11(20(22)23)6-10(16(14)21)9-19-17-13(8-18)12-4-3-5-15(12)25-17/h6-7,9,21H,2-5H2,1H3/b19-9+. The topological polar surface area (TPSA) is 109 Å². The van der Waals surface area contributed by atoms with E-state index >= 15 is 0 Å². The predicted octanol–water partition coefficient (Wildman–Crippen LogP) is 3.87. The fourth-order valence-corrected chi connectivity index (χ4v) is 3.99. The number of phenolic OH excluding ortho intramolecular Hbond substituents is 1. The van der Waals surface area contributed by atoms with Crippen molar-refractivity contribution in [1.82, 2.24) is 0 Å². The van der Waals surface area contributed by atoms with Gasteiger partial charge in [0.1, 0.15) is 11.1 Å². The zero-order valence-corrected chi connectivity index (χ0v) is 14.3. The predicted molar refractivity (Wildman–Crippen MR) is 94.2 cm³/mol. The molecule has 0 unspecified atom stereocenters. The number of hydrogen-bond acceptors (Lipinski definition) is 7. The van der Waals surface area contributed by atoms with E-state index in [0.29, 0.717) is 10.6 Å². The summed E-state index contributed by atoms with van der Waals surface area (Å²) in [5, 5.41) is 31.3. The van der Waals surface area contributed by atoms with E-state index in [-0.39, 0.29) is 29.4 Å². The molecule has 8 heteroatoms. The van der Waals surface area contributed by atoms with Crippen LogP contribution in [-0.2, 0) is 12.8 Å². The Morgan fingerprint density at radius 3 is 3.00 bits per heavy atom. The van der Waals surface area contributed by atoms with Crippen molar-refractivity contribution >= 4 is 28.2 Å². The average molecular weight is 357 g/mol. The molecule has 3 rings (SSSR count). The van der Waals surface area contributed by atoms with E-state index in [1.165, 1.54) is 34.6 Å². The maximum absolute atomic E-state index is 11.1. The van der Waals surface area contributed by atoms with Gasteiger partial charge >= 0.3 is 0 Å². The monoisotopic (exact) mass is 357 g/mol. The molecule has 1 aromatic heterocycles. The minimum Gasteiger partial charge on any atom is -0.504 e. The van der Waals surface area contributed by atoms with Crippen molar-refractivity contribution in [3.63, 3.8) is 0 Å². The van der Waals surface area contributed by atoms with E-state index in [2.05, 4.69) is 11.1 Å². The number of nitro benzene ring substituents is 1. The van der Waals surface area contributed by atoms with Crippen LogP contribution in [0.15, 0.2) is 17.1 Å². The van der Waals surface area contributed by atoms with Gasteiger partial charge in [0.05, 0.1) is 23.2 Å². The van der Waals surface area contributed by atoms with Crippen molar-refractivity contribution in [1.29, 1.82) is 5.26 Å². The first-order chi connectivity index (χ1) is 12.0. The van der Waals surface area contributed by atoms with Crippen LogP contribution in [0.25, 0.3) is 0 Å². The van der Waals surface area contributed by atoms with Gasteiger partial charge in [-0.2, -0.15) is 5.26 Å². The van der Waals surface area contributed by atoms with Crippen LogP contribution in [-0.4, -0.2) is 22.9 Å². The number of rotatable bonds is 5. The highest BCUT2D eigenvalue weighted by atomic mass is 32.1. The highest BCUT2D eigenvalue weighted by Gasteiger charge is 2.22. The Kier molecular flexibility index (Phi) is 4.67. The Morgan fingerprint density at radius 2 is 2.32 bits per heavy atom. The highest BCUT2D eigenvalue weighted by molar-refractivity contribution is 7.16. The number of nitrogens with zero attached hydrogens (tertiary/aromatic N) is 3. The molecule has 1 N–H and O–H groups in total. The quantitative estimate of drug-likeness (QED) is 0.496. The molecule has 2 aromatic rings. The number of non-ortho nitro benzene ring substituents is 1. The lowest BCUT2D eigenvalue weighted by molar-refractivity contribution is -0.385. The summed E-state index contributed by atoms with van der Waals surface area (Å²) < 4.78 is 5.25. The second-order valence-corrected chi connectivity index (χ2v) is 6.56. The first-order valence-corrected chi connectivity index (χ1v) is 8.59. The lowest BCUT2D eigenvalue weighted by Gasteiger charge is -2.07. The Bertz CT molecular complexity index is 912. The molecule has 0 spiro atoms. The van der Waals surface area contributed by atoms with Gasteiger partial charge in [-0.3, -0.25) is 10.1 Å². The van der Waals surface area contributed by atoms with Crippen molar-refractivity contribution in [2.45, 2.75) is 26.2 Å². The molecular formula is C17H15N3O4S. The number of aliphatic imine (C=N–C) groups is 1. The van der Waals surface area contributed by atoms with Crippen LogP contribution >= 0.6 is 11.3 Å². The Balaban J connectivity index is 2.02. The lowest BCUT2D eigenvalue weighted by Crippen LogP contribution is -1.97. The van der Waals surface area contributed by atoms with Crippen LogP contribution in [0.2, 0.25) is 0 Å². The summed E-state index contributed by atoms with van der Waals surface area (Å²) in [6.07, 6.45) is 4.21. The maximum atomic E-state index is 11.1. The van der Waals surface area contributed by atoms with Gasteiger partial charge in [0.25, 0.3) is 5.69 Å². The summed E-state index contributed by atoms with van der Waals surface area (Å²) in [5.74, 6) is -0.175. The zero-order chi connectivity index (χ0) is 18.0. The minimum absolute atomic E-state index is 0.0346. The molecule has 0 amide bonds. The van der Waals surface area contributed by atoms with Gasteiger partial charge in [-0.15, -0.1) is 11.3 Å². The number of phenols is 1. The fourth-order valence-electron chi connectivity index (χ4n) is 2.81. The molecule has 1 aliphatic rings. The number of benzene rings is 1. The van der Waals surface area contributed by atoms with Crippen LogP contribution in [0.5, 0.6) is 11.5 Å². The maximum Gasteiger partial charge on any atom is 0.274 e. The fraction of sp³-hybridized carbons (Fsp3) is 0.294. The largest absolute Gasteiger partial charge is 0.504 e. The van der Waals surface area contributed by atoms with Gasteiger partial charge in [0.2, 0.25) is 0 Å². The van der Waals surface area contributed by atoms with Crippen molar-refractivity contribution in [2.24, 2.45) is 4.99 Å². The molecule has 0 fully saturated rings. The Hall–Kier alpha value is -2.92. The van der Waals surface area contributed by atoms with E-state index in [4.69, 9.17) is 4.74 Å². The lowest BCUT2D eigenvalue weighted by atomic mass is 10.1. The van der Waals surface area contributed by atoms with Crippen molar-refractivity contribution in [3.05, 3.63) is 43.8 Å². The average Bonchev–Trinajstić information content (AvgIpc) is 3.15. The molecule has 0 bridgehead atoms. The molecule has 0 saturated carbocycles. The second-order valence-electron chi connectivity index (χ2n) is 5.48. The second kappa shape index (κ2) is 6.91. The summed E-state index contributed by atoms with van der Waals surface area (Å²) in [4.78, 5) is 16.0. The summed E-state index contributed by atoms with van der Waals surface area (Å²) in [7, 11) is 0. The molecule has 7 nitrogen and oxygen atoms in total. The van der Waals surface area contributed by atoms with Crippen LogP contribution in [0.1, 0.15) is 34.9 Å². The van der Waals surface area contributed by atoms with Crippen LogP contribution in [0.4, 0.5) is 10.7 Å². The van der Waals surface area contributed by atoms with Crippen LogP contribution < -0.4 is 4.74 Å². The van der Waals surface area contributed by atoms with E-state index in [0.717, 1.165) is 24.8 Å². The number of nitro groups is 1. The summed E-state index contributed by atoms with van der Waals surface area (Å²) in [6.45, 7) is 1.99. The number of aryl methyl sites for hydroxylation is 1. The summed E-state index contributed by atoms with van der Waals surface area (Å²) in [6, 6.07) is 4.60. The molecule has 0 radical (unpaired) electrons. The molecule has 0 aliphatic heterocycles. The van der Waals surface area contributed by atoms with Gasteiger partial charge < -0.3 is 9.84 Å². The third-order valence-electron chi connectivity index (χ3n) is 3.94. The third-order valence-corrected chi connectivity index (χ3v) is 5.14. The first kappa shape index (κ1) is 16.9. The van der Waals surface area contributed by atoms with E-state index in [1.807, 2.05) is 0 Å². The van der Waals surface area contributed by atoms with Crippen molar-refractivity contribution < 1.29 is 14.8 Å². The number of fused-ring (bicyclic) bond motifs is 1. The normalized spacial score (nSPS) is 13.0. The Labute approximate surface area is 148 Å². The molecule has 0 saturated heterocycles. The Morgan fingerprint density at radius 1 is 1.52 bits per heavy atom. The smallest absolute Gasteiger partial charge is 0.274 e. The highest BCUT2D eigenvalue weighted by Crippen LogP contribution is 2.40.